The minimum absolute atomic E-state index is 0.415. The number of benzene rings is 1. The quantitative estimate of drug-likeness (QED) is 0.663. The van der Waals surface area contributed by atoms with Crippen LogP contribution in [0.3, 0.4) is 0 Å². The Morgan fingerprint density at radius 2 is 2.10 bits per heavy atom. The molecule has 0 spiro atoms. The monoisotopic (exact) mass is 293 g/mol. The molecule has 1 N–H and O–H groups in total. The average molecular weight is 294 g/mol. The first kappa shape index (κ1) is 16.4. The van der Waals surface area contributed by atoms with Gasteiger partial charge < -0.3 is 10.1 Å². The summed E-state index contributed by atoms with van der Waals surface area (Å²) in [7, 11) is 0. The van der Waals surface area contributed by atoms with E-state index >= 15 is 0 Å². The Kier molecular flexibility index (Phi) is 5.91. The van der Waals surface area contributed by atoms with E-state index in [1.165, 1.54) is 0 Å². The van der Waals surface area contributed by atoms with Gasteiger partial charge in [0.25, 0.3) is 0 Å². The van der Waals surface area contributed by atoms with Crippen molar-refractivity contribution in [3.05, 3.63) is 34.3 Å². The molecule has 3 nitrogen and oxygen atoms in total. The highest BCUT2D eigenvalue weighted by Crippen LogP contribution is 2.15. The molecule has 0 heterocycles. The van der Waals surface area contributed by atoms with Crippen LogP contribution in [-0.2, 0) is 4.74 Å². The fourth-order valence-corrected chi connectivity index (χ4v) is 1.55. The number of hydrogen-bond donors (Lipinski definition) is 1. The number of hydrogen-bond acceptors (Lipinski definition) is 2. The van der Waals surface area contributed by atoms with Crippen molar-refractivity contribution in [3.63, 3.8) is 0 Å². The number of amides is 1. The topological polar surface area (TPSA) is 38.3 Å². The summed E-state index contributed by atoms with van der Waals surface area (Å²) < 4.78 is 5.12. The lowest BCUT2D eigenvalue weighted by Gasteiger charge is -2.19. The van der Waals surface area contributed by atoms with E-state index in [1.807, 2.05) is 45.9 Å². The van der Waals surface area contributed by atoms with Gasteiger partial charge in [0.15, 0.2) is 0 Å². The second-order valence-corrected chi connectivity index (χ2v) is 5.85. The molecule has 1 aromatic carbocycles. The molecule has 1 rings (SSSR count). The Balaban J connectivity index is 2.36. The van der Waals surface area contributed by atoms with Crippen LogP contribution in [0.1, 0.15) is 38.3 Å². The summed E-state index contributed by atoms with van der Waals surface area (Å²) in [4.78, 5) is 11.4. The molecule has 0 aromatic heterocycles. The van der Waals surface area contributed by atoms with Gasteiger partial charge >= 0.3 is 6.09 Å². The van der Waals surface area contributed by atoms with E-state index in [1.54, 1.807) is 0 Å². The van der Waals surface area contributed by atoms with Crippen LogP contribution in [0.15, 0.2) is 18.2 Å². The molecule has 20 heavy (non-hydrogen) atoms. The lowest BCUT2D eigenvalue weighted by Crippen LogP contribution is -2.32. The number of ether oxygens (including phenoxy) is 1. The summed E-state index contributed by atoms with van der Waals surface area (Å²) in [5.74, 6) is 6.04. The smallest absolute Gasteiger partial charge is 0.407 e. The lowest BCUT2D eigenvalue weighted by atomic mass is 10.1. The fraction of sp³-hybridized carbons (Fsp3) is 0.438. The van der Waals surface area contributed by atoms with E-state index in [2.05, 4.69) is 17.2 Å². The molecule has 0 aliphatic heterocycles. The van der Waals surface area contributed by atoms with Crippen LogP contribution in [0, 0.1) is 18.8 Å². The van der Waals surface area contributed by atoms with Gasteiger partial charge in [0.2, 0.25) is 0 Å². The number of carbonyl (C=O) groups excluding carboxylic acids is 1. The number of halogens is 1. The van der Waals surface area contributed by atoms with Crippen LogP contribution in [0.4, 0.5) is 4.79 Å². The van der Waals surface area contributed by atoms with Crippen molar-refractivity contribution in [2.75, 3.05) is 6.54 Å². The predicted molar refractivity (Wildman–Crippen MR) is 81.9 cm³/mol. The summed E-state index contributed by atoms with van der Waals surface area (Å²) in [6.45, 7) is 7.89. The van der Waals surface area contributed by atoms with E-state index in [-0.39, 0.29) is 0 Å². The average Bonchev–Trinajstić information content (AvgIpc) is 2.31. The summed E-state index contributed by atoms with van der Waals surface area (Å²) in [6, 6.07) is 5.65. The maximum absolute atomic E-state index is 11.4. The standard InChI is InChI=1S/C16H20ClNO2/c1-12-11-13(8-9-14(12)17)7-5-6-10-18-15(19)20-16(2,3)4/h8-9,11H,6,10H2,1-4H3,(H,18,19). The zero-order chi connectivity index (χ0) is 15.2. The Morgan fingerprint density at radius 3 is 2.70 bits per heavy atom. The molecule has 108 valence electrons. The first-order valence-corrected chi connectivity index (χ1v) is 6.87. The SMILES string of the molecule is Cc1cc(C#CCCNC(=O)OC(C)(C)C)ccc1Cl. The Labute approximate surface area is 125 Å². The zero-order valence-electron chi connectivity index (χ0n) is 12.3. The third kappa shape index (κ3) is 6.49. The molecular weight excluding hydrogens is 274 g/mol. The summed E-state index contributed by atoms with van der Waals surface area (Å²) >= 11 is 5.94. The van der Waals surface area contributed by atoms with Crippen LogP contribution < -0.4 is 5.32 Å². The first-order valence-electron chi connectivity index (χ1n) is 6.50. The second kappa shape index (κ2) is 7.21. The van der Waals surface area contributed by atoms with Crippen LogP contribution in [-0.4, -0.2) is 18.2 Å². The maximum atomic E-state index is 11.4. The van der Waals surface area contributed by atoms with E-state index in [0.29, 0.717) is 13.0 Å². The molecule has 0 aliphatic carbocycles. The fourth-order valence-electron chi connectivity index (χ4n) is 1.43. The Bertz CT molecular complexity index is 536. The number of rotatable bonds is 2. The summed E-state index contributed by atoms with van der Waals surface area (Å²) in [5, 5.41) is 3.40. The van der Waals surface area contributed by atoms with E-state index in [0.717, 1.165) is 16.1 Å². The van der Waals surface area contributed by atoms with Crippen molar-refractivity contribution in [2.24, 2.45) is 0 Å². The third-order valence-electron chi connectivity index (χ3n) is 2.31. The molecule has 1 aromatic rings. The number of nitrogens with one attached hydrogen (secondary N) is 1. The molecule has 0 atom stereocenters. The van der Waals surface area contributed by atoms with Gasteiger partial charge in [0, 0.05) is 23.6 Å². The van der Waals surface area contributed by atoms with Gasteiger partial charge in [-0.3, -0.25) is 0 Å². The van der Waals surface area contributed by atoms with Gasteiger partial charge in [-0.25, -0.2) is 4.79 Å². The summed E-state index contributed by atoms with van der Waals surface area (Å²) in [6.07, 6.45) is 0.155. The van der Waals surface area contributed by atoms with Crippen LogP contribution in [0.25, 0.3) is 0 Å². The molecule has 1 amide bonds. The van der Waals surface area contributed by atoms with Crippen molar-refractivity contribution in [2.45, 2.75) is 39.7 Å². The largest absolute Gasteiger partial charge is 0.444 e. The molecule has 0 radical (unpaired) electrons. The van der Waals surface area contributed by atoms with Crippen molar-refractivity contribution < 1.29 is 9.53 Å². The highest BCUT2D eigenvalue weighted by atomic mass is 35.5. The minimum Gasteiger partial charge on any atom is -0.444 e. The summed E-state index contributed by atoms with van der Waals surface area (Å²) in [5.41, 5.74) is 1.45. The van der Waals surface area contributed by atoms with Crippen LogP contribution >= 0.6 is 11.6 Å². The molecule has 0 unspecified atom stereocenters. The number of alkyl carbamates (subject to hydrolysis) is 1. The second-order valence-electron chi connectivity index (χ2n) is 5.44. The van der Waals surface area contributed by atoms with Gasteiger partial charge in [-0.2, -0.15) is 0 Å². The minimum atomic E-state index is -0.476. The van der Waals surface area contributed by atoms with Crippen molar-refractivity contribution in [3.8, 4) is 11.8 Å². The van der Waals surface area contributed by atoms with E-state index < -0.39 is 11.7 Å². The lowest BCUT2D eigenvalue weighted by molar-refractivity contribution is 0.0529. The van der Waals surface area contributed by atoms with Gasteiger partial charge in [0.05, 0.1) is 0 Å². The Hall–Kier alpha value is -1.66. The molecule has 0 saturated carbocycles. The highest BCUT2D eigenvalue weighted by Gasteiger charge is 2.15. The van der Waals surface area contributed by atoms with Gasteiger partial charge in [0.1, 0.15) is 5.60 Å². The number of aryl methyl sites for hydroxylation is 1. The highest BCUT2D eigenvalue weighted by molar-refractivity contribution is 6.31. The third-order valence-corrected chi connectivity index (χ3v) is 2.73. The van der Waals surface area contributed by atoms with Crippen LogP contribution in [0.2, 0.25) is 5.02 Å². The van der Waals surface area contributed by atoms with Crippen molar-refractivity contribution >= 4 is 17.7 Å². The molecule has 0 saturated heterocycles. The maximum Gasteiger partial charge on any atom is 0.407 e. The van der Waals surface area contributed by atoms with Crippen molar-refractivity contribution in [1.29, 1.82) is 0 Å². The predicted octanol–water partition coefficient (Wildman–Crippen LogP) is 3.91. The molecule has 0 fully saturated rings. The number of carbonyl (C=O) groups is 1. The van der Waals surface area contributed by atoms with Crippen molar-refractivity contribution in [1.82, 2.24) is 5.32 Å². The van der Waals surface area contributed by atoms with Crippen LogP contribution in [0.5, 0.6) is 0 Å². The van der Waals surface area contributed by atoms with Gasteiger partial charge in [-0.05, 0) is 51.5 Å². The molecule has 0 aliphatic rings. The first-order chi connectivity index (χ1) is 9.28. The molecule has 4 heteroatoms. The van der Waals surface area contributed by atoms with Gasteiger partial charge in [-0.1, -0.05) is 23.4 Å². The van der Waals surface area contributed by atoms with Gasteiger partial charge in [-0.15, -0.1) is 0 Å². The Morgan fingerprint density at radius 1 is 1.40 bits per heavy atom. The molecular formula is C16H20ClNO2. The zero-order valence-corrected chi connectivity index (χ0v) is 13.1. The molecule has 0 bridgehead atoms. The van der Waals surface area contributed by atoms with E-state index in [9.17, 15) is 4.79 Å². The normalized spacial score (nSPS) is 10.4. The van der Waals surface area contributed by atoms with E-state index in [4.69, 9.17) is 16.3 Å².